The number of ketones is 1. The Hall–Kier alpha value is -1.68. The highest BCUT2D eigenvalue weighted by atomic mass is 16.2. The molecule has 0 saturated heterocycles. The third-order valence-electron chi connectivity index (χ3n) is 4.64. The first-order valence-electron chi connectivity index (χ1n) is 9.11. The number of benzene rings is 1. The van der Waals surface area contributed by atoms with Gasteiger partial charge < -0.3 is 11.1 Å². The van der Waals surface area contributed by atoms with Crippen LogP contribution in [0.2, 0.25) is 0 Å². The van der Waals surface area contributed by atoms with Crippen molar-refractivity contribution in [3.05, 3.63) is 35.4 Å². The predicted molar refractivity (Wildman–Crippen MR) is 96.9 cm³/mol. The van der Waals surface area contributed by atoms with Crippen molar-refractivity contribution in [3.63, 3.8) is 0 Å². The van der Waals surface area contributed by atoms with Crippen molar-refractivity contribution in [2.75, 3.05) is 0 Å². The van der Waals surface area contributed by atoms with Gasteiger partial charge in [-0.25, -0.2) is 0 Å². The Morgan fingerprint density at radius 2 is 1.71 bits per heavy atom. The van der Waals surface area contributed by atoms with Crippen molar-refractivity contribution in [2.24, 2.45) is 11.7 Å². The minimum absolute atomic E-state index is 0.0275. The van der Waals surface area contributed by atoms with E-state index in [1.54, 1.807) is 0 Å². The van der Waals surface area contributed by atoms with Crippen LogP contribution >= 0.6 is 0 Å². The quantitative estimate of drug-likeness (QED) is 0.754. The normalized spacial score (nSPS) is 20.8. The second kappa shape index (κ2) is 8.97. The summed E-state index contributed by atoms with van der Waals surface area (Å²) in [5, 5.41) is 3.03. The summed E-state index contributed by atoms with van der Waals surface area (Å²) in [5.74, 6) is 0.608. The van der Waals surface area contributed by atoms with Crippen LogP contribution in [0, 0.1) is 5.92 Å². The summed E-state index contributed by atoms with van der Waals surface area (Å²) >= 11 is 0. The Kier molecular flexibility index (Phi) is 6.98. The fourth-order valence-corrected chi connectivity index (χ4v) is 3.23. The molecule has 1 aliphatic carbocycles. The third kappa shape index (κ3) is 6.08. The molecule has 0 atom stereocenters. The molecule has 1 fully saturated rings. The van der Waals surface area contributed by atoms with Crippen molar-refractivity contribution >= 4 is 11.7 Å². The second-order valence-corrected chi connectivity index (χ2v) is 7.40. The molecule has 0 heterocycles. The van der Waals surface area contributed by atoms with Gasteiger partial charge in [-0.05, 0) is 43.6 Å². The summed E-state index contributed by atoms with van der Waals surface area (Å²) in [6.07, 6.45) is 5.36. The second-order valence-electron chi connectivity index (χ2n) is 7.40. The molecule has 1 aromatic rings. The van der Waals surface area contributed by atoms with Crippen molar-refractivity contribution in [3.8, 4) is 0 Å². The summed E-state index contributed by atoms with van der Waals surface area (Å²) in [7, 11) is 0. The smallest absolute Gasteiger partial charge is 0.220 e. The molecule has 132 valence electrons. The standard InChI is InChI=1S/C20H30N2O2/c1-14(2)13-15-3-5-16(6-4-15)19(23)11-12-20(24)22-18-9-7-17(21)8-10-18/h3-6,14,17-18H,7-13,21H2,1-2H3,(H,22,24). The highest BCUT2D eigenvalue weighted by Crippen LogP contribution is 2.17. The lowest BCUT2D eigenvalue weighted by Gasteiger charge is -2.26. The fraction of sp³-hybridized carbons (Fsp3) is 0.600. The van der Waals surface area contributed by atoms with Crippen LogP contribution in [0.25, 0.3) is 0 Å². The molecule has 1 saturated carbocycles. The summed E-state index contributed by atoms with van der Waals surface area (Å²) in [6.45, 7) is 4.36. The van der Waals surface area contributed by atoms with Gasteiger partial charge in [0.2, 0.25) is 5.91 Å². The molecule has 4 heteroatoms. The number of nitrogens with two attached hydrogens (primary N) is 1. The Balaban J connectivity index is 1.74. The number of carbonyl (C=O) groups excluding carboxylic acids is 2. The molecule has 0 bridgehead atoms. The number of nitrogens with one attached hydrogen (secondary N) is 1. The van der Waals surface area contributed by atoms with Crippen LogP contribution in [0.15, 0.2) is 24.3 Å². The first-order chi connectivity index (χ1) is 11.4. The zero-order valence-electron chi connectivity index (χ0n) is 14.9. The van der Waals surface area contributed by atoms with Gasteiger partial charge in [0, 0.05) is 30.5 Å². The Morgan fingerprint density at radius 3 is 2.29 bits per heavy atom. The van der Waals surface area contributed by atoms with Gasteiger partial charge >= 0.3 is 0 Å². The molecule has 0 aliphatic heterocycles. The monoisotopic (exact) mass is 330 g/mol. The fourth-order valence-electron chi connectivity index (χ4n) is 3.23. The number of Topliss-reactive ketones (excluding diaryl/α,β-unsaturated/α-hetero) is 1. The van der Waals surface area contributed by atoms with Crippen molar-refractivity contribution in [1.29, 1.82) is 0 Å². The summed E-state index contributed by atoms with van der Waals surface area (Å²) < 4.78 is 0. The molecule has 4 nitrogen and oxygen atoms in total. The van der Waals surface area contributed by atoms with Crippen LogP contribution < -0.4 is 11.1 Å². The number of hydrogen-bond donors (Lipinski definition) is 2. The summed E-state index contributed by atoms with van der Waals surface area (Å²) in [4.78, 5) is 24.2. The van der Waals surface area contributed by atoms with Gasteiger partial charge in [0.1, 0.15) is 0 Å². The van der Waals surface area contributed by atoms with Gasteiger partial charge in [0.25, 0.3) is 0 Å². The molecule has 24 heavy (non-hydrogen) atoms. The van der Waals surface area contributed by atoms with Gasteiger partial charge in [-0.15, -0.1) is 0 Å². The minimum atomic E-state index is -0.0275. The van der Waals surface area contributed by atoms with Gasteiger partial charge in [-0.2, -0.15) is 0 Å². The van der Waals surface area contributed by atoms with Gasteiger partial charge in [-0.1, -0.05) is 38.1 Å². The van der Waals surface area contributed by atoms with Crippen LogP contribution in [-0.4, -0.2) is 23.8 Å². The van der Waals surface area contributed by atoms with E-state index < -0.39 is 0 Å². The third-order valence-corrected chi connectivity index (χ3v) is 4.64. The number of carbonyl (C=O) groups is 2. The molecule has 0 aromatic heterocycles. The largest absolute Gasteiger partial charge is 0.353 e. The minimum Gasteiger partial charge on any atom is -0.353 e. The van der Waals surface area contributed by atoms with E-state index in [0.29, 0.717) is 11.5 Å². The average Bonchev–Trinajstić information content (AvgIpc) is 2.55. The molecule has 1 aromatic carbocycles. The van der Waals surface area contributed by atoms with Crippen molar-refractivity contribution in [1.82, 2.24) is 5.32 Å². The maximum atomic E-state index is 12.2. The molecular weight excluding hydrogens is 300 g/mol. The van der Waals surface area contributed by atoms with E-state index in [4.69, 9.17) is 5.73 Å². The maximum absolute atomic E-state index is 12.2. The van der Waals surface area contributed by atoms with Crippen LogP contribution in [0.4, 0.5) is 0 Å². The molecule has 0 unspecified atom stereocenters. The highest BCUT2D eigenvalue weighted by Gasteiger charge is 2.20. The van der Waals surface area contributed by atoms with Crippen LogP contribution in [0.3, 0.4) is 0 Å². The van der Waals surface area contributed by atoms with Crippen LogP contribution in [0.5, 0.6) is 0 Å². The van der Waals surface area contributed by atoms with E-state index in [2.05, 4.69) is 19.2 Å². The molecule has 0 radical (unpaired) electrons. The highest BCUT2D eigenvalue weighted by molar-refractivity contribution is 5.98. The molecule has 3 N–H and O–H groups in total. The van der Waals surface area contributed by atoms with E-state index >= 15 is 0 Å². The lowest BCUT2D eigenvalue weighted by Crippen LogP contribution is -2.40. The Morgan fingerprint density at radius 1 is 1.08 bits per heavy atom. The van der Waals surface area contributed by atoms with E-state index in [1.807, 2.05) is 24.3 Å². The van der Waals surface area contributed by atoms with Gasteiger partial charge in [-0.3, -0.25) is 9.59 Å². The summed E-state index contributed by atoms with van der Waals surface area (Å²) in [6, 6.07) is 8.28. The van der Waals surface area contributed by atoms with E-state index in [-0.39, 0.29) is 36.6 Å². The molecule has 2 rings (SSSR count). The van der Waals surface area contributed by atoms with E-state index in [1.165, 1.54) is 5.56 Å². The maximum Gasteiger partial charge on any atom is 0.220 e. The first kappa shape index (κ1) is 18.7. The van der Waals surface area contributed by atoms with Crippen LogP contribution in [-0.2, 0) is 11.2 Å². The first-order valence-corrected chi connectivity index (χ1v) is 9.11. The average molecular weight is 330 g/mol. The zero-order valence-corrected chi connectivity index (χ0v) is 14.9. The van der Waals surface area contributed by atoms with E-state index in [0.717, 1.165) is 32.1 Å². The lowest BCUT2D eigenvalue weighted by molar-refractivity contribution is -0.122. The SMILES string of the molecule is CC(C)Cc1ccc(C(=O)CCC(=O)NC2CCC(N)CC2)cc1. The Labute approximate surface area is 145 Å². The van der Waals surface area contributed by atoms with Crippen molar-refractivity contribution < 1.29 is 9.59 Å². The topological polar surface area (TPSA) is 72.2 Å². The molecule has 1 amide bonds. The van der Waals surface area contributed by atoms with Crippen molar-refractivity contribution in [2.45, 2.75) is 70.9 Å². The molecular formula is C20H30N2O2. The van der Waals surface area contributed by atoms with Crippen LogP contribution in [0.1, 0.15) is 68.3 Å². The summed E-state index contributed by atoms with van der Waals surface area (Å²) in [5.41, 5.74) is 7.81. The number of hydrogen-bond acceptors (Lipinski definition) is 3. The van der Waals surface area contributed by atoms with Gasteiger partial charge in [0.15, 0.2) is 5.78 Å². The van der Waals surface area contributed by atoms with E-state index in [9.17, 15) is 9.59 Å². The molecule has 1 aliphatic rings. The lowest BCUT2D eigenvalue weighted by atomic mass is 9.91. The van der Waals surface area contributed by atoms with Gasteiger partial charge in [0.05, 0.1) is 0 Å². The zero-order chi connectivity index (χ0) is 17.5. The Bertz CT molecular complexity index is 543. The number of amides is 1. The number of rotatable bonds is 7. The molecule has 0 spiro atoms. The predicted octanol–water partition coefficient (Wildman–Crippen LogP) is 3.23.